The summed E-state index contributed by atoms with van der Waals surface area (Å²) in [5.41, 5.74) is 0.931. The van der Waals surface area contributed by atoms with Gasteiger partial charge in [-0.2, -0.15) is 0 Å². The van der Waals surface area contributed by atoms with Crippen LogP contribution in [0.5, 0.6) is 17.2 Å². The summed E-state index contributed by atoms with van der Waals surface area (Å²) in [6.45, 7) is 2.39. The molecule has 134 valence electrons. The highest BCUT2D eigenvalue weighted by Crippen LogP contribution is 2.18. The van der Waals surface area contributed by atoms with Crippen molar-refractivity contribution in [1.29, 1.82) is 0 Å². The highest BCUT2D eigenvalue weighted by Gasteiger charge is 2.16. The van der Waals surface area contributed by atoms with Gasteiger partial charge in [-0.05, 0) is 37.3 Å². The molecule has 0 radical (unpaired) electrons. The number of phenols is 1. The molecule has 25 heavy (non-hydrogen) atoms. The number of hydrogen-bond donors (Lipinski definition) is 1. The SMILES string of the molecule is COc1ccccc1COCCOC(=O)C(C)Oc1ccc(O)cc1. The molecule has 0 aliphatic heterocycles. The largest absolute Gasteiger partial charge is 0.508 e. The molecule has 2 aromatic carbocycles. The van der Waals surface area contributed by atoms with Gasteiger partial charge < -0.3 is 24.1 Å². The standard InChI is InChI=1S/C19H22O6/c1-14(25-17-9-7-16(20)8-10-17)19(21)24-12-11-23-13-15-5-3-4-6-18(15)22-2/h3-10,14,20H,11-13H2,1-2H3. The summed E-state index contributed by atoms with van der Waals surface area (Å²) in [5, 5.41) is 9.21. The van der Waals surface area contributed by atoms with Gasteiger partial charge in [0.15, 0.2) is 6.10 Å². The molecular formula is C19H22O6. The molecule has 0 aliphatic carbocycles. The van der Waals surface area contributed by atoms with E-state index in [9.17, 15) is 9.90 Å². The number of esters is 1. The summed E-state index contributed by atoms with van der Waals surface area (Å²) in [6, 6.07) is 13.7. The van der Waals surface area contributed by atoms with Crippen molar-refractivity contribution in [3.8, 4) is 17.2 Å². The van der Waals surface area contributed by atoms with Crippen LogP contribution >= 0.6 is 0 Å². The highest BCUT2D eigenvalue weighted by molar-refractivity contribution is 5.74. The van der Waals surface area contributed by atoms with E-state index in [1.807, 2.05) is 24.3 Å². The Morgan fingerprint density at radius 3 is 2.52 bits per heavy atom. The predicted molar refractivity (Wildman–Crippen MR) is 91.8 cm³/mol. The van der Waals surface area contributed by atoms with Gasteiger partial charge in [0.1, 0.15) is 23.9 Å². The van der Waals surface area contributed by atoms with Crippen molar-refractivity contribution in [1.82, 2.24) is 0 Å². The van der Waals surface area contributed by atoms with E-state index in [1.165, 1.54) is 12.1 Å². The van der Waals surface area contributed by atoms with Gasteiger partial charge in [0.2, 0.25) is 0 Å². The van der Waals surface area contributed by atoms with Gasteiger partial charge in [-0.3, -0.25) is 0 Å². The van der Waals surface area contributed by atoms with Crippen LogP contribution in [0.25, 0.3) is 0 Å². The average Bonchev–Trinajstić information content (AvgIpc) is 2.63. The number of carbonyl (C=O) groups is 1. The Balaban J connectivity index is 1.67. The highest BCUT2D eigenvalue weighted by atomic mass is 16.6. The minimum absolute atomic E-state index is 0.134. The molecule has 0 fully saturated rings. The summed E-state index contributed by atoms with van der Waals surface area (Å²) >= 11 is 0. The van der Waals surface area contributed by atoms with E-state index in [1.54, 1.807) is 26.2 Å². The lowest BCUT2D eigenvalue weighted by molar-refractivity contribution is -0.152. The van der Waals surface area contributed by atoms with E-state index in [-0.39, 0.29) is 19.0 Å². The Morgan fingerprint density at radius 2 is 1.80 bits per heavy atom. The average molecular weight is 346 g/mol. The number of ether oxygens (including phenoxy) is 4. The molecule has 0 saturated carbocycles. The van der Waals surface area contributed by atoms with E-state index in [0.29, 0.717) is 12.4 Å². The van der Waals surface area contributed by atoms with Crippen molar-refractivity contribution in [3.05, 3.63) is 54.1 Å². The molecule has 6 heteroatoms. The third-order valence-corrected chi connectivity index (χ3v) is 3.40. The van der Waals surface area contributed by atoms with Crippen LogP contribution in [0.4, 0.5) is 0 Å². The lowest BCUT2D eigenvalue weighted by atomic mass is 10.2. The Morgan fingerprint density at radius 1 is 1.08 bits per heavy atom. The zero-order valence-corrected chi connectivity index (χ0v) is 14.3. The number of phenolic OH excluding ortho intramolecular Hbond substituents is 1. The maximum Gasteiger partial charge on any atom is 0.347 e. The zero-order valence-electron chi connectivity index (χ0n) is 14.3. The molecule has 0 spiro atoms. The second kappa shape index (κ2) is 9.54. The topological polar surface area (TPSA) is 74.2 Å². The molecule has 0 heterocycles. The summed E-state index contributed by atoms with van der Waals surface area (Å²) in [7, 11) is 1.61. The predicted octanol–water partition coefficient (Wildman–Crippen LogP) is 2.93. The minimum atomic E-state index is -0.751. The first-order chi connectivity index (χ1) is 12.1. The van der Waals surface area contributed by atoms with Crippen molar-refractivity contribution in [2.45, 2.75) is 19.6 Å². The van der Waals surface area contributed by atoms with Crippen molar-refractivity contribution in [2.24, 2.45) is 0 Å². The van der Waals surface area contributed by atoms with Crippen LogP contribution < -0.4 is 9.47 Å². The fraction of sp³-hybridized carbons (Fsp3) is 0.316. The first-order valence-electron chi connectivity index (χ1n) is 7.92. The summed E-state index contributed by atoms with van der Waals surface area (Å²) in [4.78, 5) is 11.9. The number of benzene rings is 2. The summed E-state index contributed by atoms with van der Waals surface area (Å²) in [6.07, 6.45) is -0.751. The Kier molecular flexibility index (Phi) is 7.10. The van der Waals surface area contributed by atoms with Crippen molar-refractivity contribution < 1.29 is 28.8 Å². The second-order valence-corrected chi connectivity index (χ2v) is 5.29. The maximum atomic E-state index is 11.9. The van der Waals surface area contributed by atoms with Crippen molar-refractivity contribution in [2.75, 3.05) is 20.3 Å². The third-order valence-electron chi connectivity index (χ3n) is 3.40. The van der Waals surface area contributed by atoms with Gasteiger partial charge in [0, 0.05) is 5.56 Å². The summed E-state index contributed by atoms with van der Waals surface area (Å²) < 4.78 is 21.3. The Bertz CT molecular complexity index is 668. The van der Waals surface area contributed by atoms with Gasteiger partial charge in [0.25, 0.3) is 0 Å². The molecule has 0 aliphatic rings. The number of para-hydroxylation sites is 1. The zero-order chi connectivity index (χ0) is 18.1. The molecule has 0 bridgehead atoms. The monoisotopic (exact) mass is 346 g/mol. The van der Waals surface area contributed by atoms with Gasteiger partial charge in [-0.15, -0.1) is 0 Å². The van der Waals surface area contributed by atoms with Crippen LogP contribution in [0, 0.1) is 0 Å². The van der Waals surface area contributed by atoms with E-state index >= 15 is 0 Å². The first-order valence-corrected chi connectivity index (χ1v) is 7.92. The third kappa shape index (κ3) is 6.00. The number of methoxy groups -OCH3 is 1. The number of carbonyl (C=O) groups excluding carboxylic acids is 1. The molecule has 2 rings (SSSR count). The Hall–Kier alpha value is -2.73. The van der Waals surface area contributed by atoms with Crippen molar-refractivity contribution >= 4 is 5.97 Å². The van der Waals surface area contributed by atoms with Crippen LogP contribution in [-0.2, 0) is 20.9 Å². The van der Waals surface area contributed by atoms with E-state index < -0.39 is 12.1 Å². The van der Waals surface area contributed by atoms with Crippen LogP contribution in [0.15, 0.2) is 48.5 Å². The quantitative estimate of drug-likeness (QED) is 0.556. The maximum absolute atomic E-state index is 11.9. The van der Waals surface area contributed by atoms with Gasteiger partial charge >= 0.3 is 5.97 Å². The van der Waals surface area contributed by atoms with E-state index in [0.717, 1.165) is 11.3 Å². The lowest BCUT2D eigenvalue weighted by Gasteiger charge is -2.14. The number of aromatic hydroxyl groups is 1. The fourth-order valence-electron chi connectivity index (χ4n) is 2.10. The summed E-state index contributed by atoms with van der Waals surface area (Å²) in [5.74, 6) is 0.897. The van der Waals surface area contributed by atoms with Crippen molar-refractivity contribution in [3.63, 3.8) is 0 Å². The molecular weight excluding hydrogens is 324 g/mol. The van der Waals surface area contributed by atoms with Crippen LogP contribution in [0.2, 0.25) is 0 Å². The van der Waals surface area contributed by atoms with E-state index in [2.05, 4.69) is 0 Å². The van der Waals surface area contributed by atoms with Gasteiger partial charge in [-0.25, -0.2) is 4.79 Å². The van der Waals surface area contributed by atoms with Gasteiger partial charge in [0.05, 0.1) is 20.3 Å². The molecule has 1 atom stereocenters. The lowest BCUT2D eigenvalue weighted by Crippen LogP contribution is -2.27. The fourth-order valence-corrected chi connectivity index (χ4v) is 2.10. The molecule has 6 nitrogen and oxygen atoms in total. The first kappa shape index (κ1) is 18.6. The van der Waals surface area contributed by atoms with Crippen LogP contribution in [-0.4, -0.2) is 37.5 Å². The Labute approximate surface area is 146 Å². The van der Waals surface area contributed by atoms with Crippen LogP contribution in [0.1, 0.15) is 12.5 Å². The number of hydrogen-bond acceptors (Lipinski definition) is 6. The molecule has 2 aromatic rings. The van der Waals surface area contributed by atoms with E-state index in [4.69, 9.17) is 18.9 Å². The molecule has 0 saturated heterocycles. The molecule has 1 N–H and O–H groups in total. The molecule has 1 unspecified atom stereocenters. The van der Waals surface area contributed by atoms with Crippen LogP contribution in [0.3, 0.4) is 0 Å². The molecule has 0 amide bonds. The minimum Gasteiger partial charge on any atom is -0.508 e. The van der Waals surface area contributed by atoms with Gasteiger partial charge in [-0.1, -0.05) is 18.2 Å². The smallest absolute Gasteiger partial charge is 0.347 e. The second-order valence-electron chi connectivity index (χ2n) is 5.29. The molecule has 0 aromatic heterocycles. The normalized spacial score (nSPS) is 11.6. The number of rotatable bonds is 9.